The van der Waals surface area contributed by atoms with Crippen molar-refractivity contribution < 1.29 is 4.74 Å². The maximum absolute atomic E-state index is 5.97. The molecule has 6 rings (SSSR count). The van der Waals surface area contributed by atoms with E-state index in [1.807, 2.05) is 24.7 Å². The summed E-state index contributed by atoms with van der Waals surface area (Å²) >= 11 is 0. The summed E-state index contributed by atoms with van der Waals surface area (Å²) in [5.41, 5.74) is 6.67. The van der Waals surface area contributed by atoms with Gasteiger partial charge in [-0.1, -0.05) is 18.2 Å². The van der Waals surface area contributed by atoms with E-state index >= 15 is 0 Å². The van der Waals surface area contributed by atoms with E-state index in [0.29, 0.717) is 5.92 Å². The van der Waals surface area contributed by atoms with Crippen LogP contribution in [-0.4, -0.2) is 43.6 Å². The van der Waals surface area contributed by atoms with Crippen LogP contribution in [-0.2, 0) is 6.54 Å². The topological polar surface area (TPSA) is 84.8 Å². The summed E-state index contributed by atoms with van der Waals surface area (Å²) in [7, 11) is 2.09. The second-order valence-corrected chi connectivity index (χ2v) is 8.29. The van der Waals surface area contributed by atoms with Crippen molar-refractivity contribution in [2.75, 3.05) is 18.6 Å². The zero-order chi connectivity index (χ0) is 22.2. The SMILES string of the molecule is CN(c1ccccc1)c1ccc2c(c1)C(Cn1cnc(-c3cc4n[nH]nc4cn3)c1)CCO2. The van der Waals surface area contributed by atoms with Crippen molar-refractivity contribution in [1.29, 1.82) is 0 Å². The number of aromatic nitrogens is 6. The fourth-order valence-corrected chi connectivity index (χ4v) is 4.38. The van der Waals surface area contributed by atoms with E-state index in [1.165, 1.54) is 5.56 Å². The third kappa shape index (κ3) is 3.69. The van der Waals surface area contributed by atoms with Crippen LogP contribution in [0.5, 0.6) is 5.75 Å². The highest BCUT2D eigenvalue weighted by Crippen LogP contribution is 2.38. The van der Waals surface area contributed by atoms with Crippen LogP contribution in [0.15, 0.2) is 73.3 Å². The summed E-state index contributed by atoms with van der Waals surface area (Å²) in [6.07, 6.45) is 6.59. The van der Waals surface area contributed by atoms with Crippen molar-refractivity contribution >= 4 is 22.4 Å². The molecule has 5 aromatic rings. The minimum Gasteiger partial charge on any atom is -0.493 e. The lowest BCUT2D eigenvalue weighted by Gasteiger charge is -2.28. The van der Waals surface area contributed by atoms with Crippen molar-refractivity contribution in [2.45, 2.75) is 18.9 Å². The number of nitrogens with zero attached hydrogens (tertiary/aromatic N) is 6. The number of pyridine rings is 1. The first-order valence-corrected chi connectivity index (χ1v) is 11.0. The van der Waals surface area contributed by atoms with Gasteiger partial charge >= 0.3 is 0 Å². The molecular formula is C25H23N7O. The van der Waals surface area contributed by atoms with Crippen LogP contribution in [0.2, 0.25) is 0 Å². The number of ether oxygens (including phenoxy) is 1. The van der Waals surface area contributed by atoms with E-state index < -0.39 is 0 Å². The van der Waals surface area contributed by atoms with Crippen molar-refractivity contribution in [3.63, 3.8) is 0 Å². The second kappa shape index (κ2) is 8.05. The summed E-state index contributed by atoms with van der Waals surface area (Å²) < 4.78 is 8.11. The Bertz CT molecular complexity index is 1410. The maximum Gasteiger partial charge on any atom is 0.131 e. The molecule has 0 saturated carbocycles. The molecular weight excluding hydrogens is 414 g/mol. The number of nitrogens with one attached hydrogen (secondary N) is 1. The zero-order valence-electron chi connectivity index (χ0n) is 18.2. The van der Waals surface area contributed by atoms with Gasteiger partial charge in [0.2, 0.25) is 0 Å². The van der Waals surface area contributed by atoms with Crippen molar-refractivity contribution in [1.82, 2.24) is 29.9 Å². The molecule has 0 bridgehead atoms. The van der Waals surface area contributed by atoms with Crippen LogP contribution in [0, 0.1) is 0 Å². The molecule has 0 amide bonds. The summed E-state index contributed by atoms with van der Waals surface area (Å²) in [4.78, 5) is 11.3. The standard InChI is InChI=1S/C25H23N7O/c1-31(18-5-3-2-4-6-18)19-7-8-25-20(11-19)17(9-10-33-25)14-32-15-24(27-16-32)21-12-22-23(13-26-21)29-30-28-22/h2-8,11-13,15-17H,9-10,14H2,1H3,(H,28,29,30). The molecule has 3 aromatic heterocycles. The first-order valence-electron chi connectivity index (χ1n) is 11.0. The maximum atomic E-state index is 5.97. The van der Waals surface area contributed by atoms with E-state index in [2.05, 4.69) is 84.4 Å². The Morgan fingerprint density at radius 1 is 1.00 bits per heavy atom. The monoisotopic (exact) mass is 437 g/mol. The van der Waals surface area contributed by atoms with Gasteiger partial charge in [0.1, 0.15) is 22.5 Å². The number of imidazole rings is 1. The number of hydrogen-bond donors (Lipinski definition) is 1. The molecule has 0 aliphatic carbocycles. The molecule has 0 radical (unpaired) electrons. The van der Waals surface area contributed by atoms with Crippen molar-refractivity contribution in [2.24, 2.45) is 0 Å². The van der Waals surface area contributed by atoms with Gasteiger partial charge in [0.25, 0.3) is 0 Å². The quantitative estimate of drug-likeness (QED) is 0.434. The molecule has 1 N–H and O–H groups in total. The largest absolute Gasteiger partial charge is 0.493 e. The average molecular weight is 438 g/mol. The first-order chi connectivity index (χ1) is 16.2. The predicted octanol–water partition coefficient (Wildman–Crippen LogP) is 4.55. The molecule has 164 valence electrons. The van der Waals surface area contributed by atoms with Crippen LogP contribution in [0.4, 0.5) is 11.4 Å². The van der Waals surface area contributed by atoms with Gasteiger partial charge in [-0.3, -0.25) is 4.98 Å². The van der Waals surface area contributed by atoms with Crippen LogP contribution >= 0.6 is 0 Å². The molecule has 0 saturated heterocycles. The Balaban J connectivity index is 1.26. The van der Waals surface area contributed by atoms with Gasteiger partial charge < -0.3 is 14.2 Å². The number of H-pyrrole nitrogens is 1. The van der Waals surface area contributed by atoms with Crippen molar-refractivity contribution in [3.05, 3.63) is 78.9 Å². The fraction of sp³-hybridized carbons (Fsp3) is 0.200. The van der Waals surface area contributed by atoms with Gasteiger partial charge in [0.15, 0.2) is 0 Å². The molecule has 2 aromatic carbocycles. The lowest BCUT2D eigenvalue weighted by atomic mass is 9.92. The van der Waals surface area contributed by atoms with Crippen LogP contribution in [0.1, 0.15) is 17.9 Å². The van der Waals surface area contributed by atoms with Gasteiger partial charge in [-0.2, -0.15) is 15.4 Å². The molecule has 0 fully saturated rings. The molecule has 1 unspecified atom stereocenters. The smallest absolute Gasteiger partial charge is 0.131 e. The normalized spacial score (nSPS) is 15.2. The van der Waals surface area contributed by atoms with Gasteiger partial charge in [-0.15, -0.1) is 0 Å². The number of benzene rings is 2. The fourth-order valence-electron chi connectivity index (χ4n) is 4.38. The van der Waals surface area contributed by atoms with E-state index in [9.17, 15) is 0 Å². The minimum absolute atomic E-state index is 0.339. The van der Waals surface area contributed by atoms with Crippen LogP contribution in [0.25, 0.3) is 22.4 Å². The van der Waals surface area contributed by atoms with Gasteiger partial charge in [-0.25, -0.2) is 4.98 Å². The number of fused-ring (bicyclic) bond motifs is 2. The molecule has 33 heavy (non-hydrogen) atoms. The molecule has 4 heterocycles. The number of hydrogen-bond acceptors (Lipinski definition) is 6. The zero-order valence-corrected chi connectivity index (χ0v) is 18.2. The Morgan fingerprint density at radius 2 is 1.88 bits per heavy atom. The Hall–Kier alpha value is -4.20. The number of para-hydroxylation sites is 1. The van der Waals surface area contributed by atoms with Gasteiger partial charge in [0, 0.05) is 42.6 Å². The molecule has 1 aliphatic rings. The van der Waals surface area contributed by atoms with E-state index in [-0.39, 0.29) is 0 Å². The first kappa shape index (κ1) is 19.5. The molecule has 1 aliphatic heterocycles. The summed E-state index contributed by atoms with van der Waals surface area (Å²) in [6, 6.07) is 18.7. The molecule has 8 heteroatoms. The van der Waals surface area contributed by atoms with Crippen LogP contribution in [0.3, 0.4) is 0 Å². The Labute approximate surface area is 190 Å². The number of anilines is 2. The average Bonchev–Trinajstić information content (AvgIpc) is 3.53. The number of aromatic amines is 1. The highest BCUT2D eigenvalue weighted by atomic mass is 16.5. The van der Waals surface area contributed by atoms with E-state index in [0.717, 1.165) is 59.1 Å². The van der Waals surface area contributed by atoms with E-state index in [4.69, 9.17) is 4.74 Å². The highest BCUT2D eigenvalue weighted by molar-refractivity contribution is 5.76. The lowest BCUT2D eigenvalue weighted by molar-refractivity contribution is 0.259. The van der Waals surface area contributed by atoms with Gasteiger partial charge in [0.05, 0.1) is 24.8 Å². The van der Waals surface area contributed by atoms with Crippen LogP contribution < -0.4 is 9.64 Å². The summed E-state index contributed by atoms with van der Waals surface area (Å²) in [6.45, 7) is 1.55. The molecule has 0 spiro atoms. The Kier molecular flexibility index (Phi) is 4.75. The molecule has 1 atom stereocenters. The highest BCUT2D eigenvalue weighted by Gasteiger charge is 2.23. The van der Waals surface area contributed by atoms with E-state index in [1.54, 1.807) is 6.20 Å². The third-order valence-electron chi connectivity index (χ3n) is 6.22. The summed E-state index contributed by atoms with van der Waals surface area (Å²) in [5.74, 6) is 1.31. The van der Waals surface area contributed by atoms with Crippen molar-refractivity contribution in [3.8, 4) is 17.1 Å². The minimum atomic E-state index is 0.339. The second-order valence-electron chi connectivity index (χ2n) is 8.29. The lowest BCUT2D eigenvalue weighted by Crippen LogP contribution is -2.19. The third-order valence-corrected chi connectivity index (χ3v) is 6.22. The predicted molar refractivity (Wildman–Crippen MR) is 127 cm³/mol. The molecule has 8 nitrogen and oxygen atoms in total. The Morgan fingerprint density at radius 3 is 2.79 bits per heavy atom. The summed E-state index contributed by atoms with van der Waals surface area (Å²) in [5, 5.41) is 10.8. The number of rotatable bonds is 5. The van der Waals surface area contributed by atoms with Gasteiger partial charge in [-0.05, 0) is 42.8 Å².